The van der Waals surface area contributed by atoms with Crippen LogP contribution >= 0.6 is 39.9 Å². The highest BCUT2D eigenvalue weighted by Gasteiger charge is 2.33. The molecule has 1 aromatic carbocycles. The summed E-state index contributed by atoms with van der Waals surface area (Å²) in [5.41, 5.74) is 3.89. The number of hydrazine groups is 1. The van der Waals surface area contributed by atoms with Crippen LogP contribution in [0.15, 0.2) is 52.0 Å². The summed E-state index contributed by atoms with van der Waals surface area (Å²) in [6.07, 6.45) is 3.65. The Kier molecular flexibility index (Phi) is 4.88. The molecule has 8 heteroatoms. The van der Waals surface area contributed by atoms with Crippen LogP contribution in [0.2, 0.25) is 0 Å². The van der Waals surface area contributed by atoms with Gasteiger partial charge in [0.25, 0.3) is 11.8 Å². The van der Waals surface area contributed by atoms with Crippen LogP contribution in [0.5, 0.6) is 0 Å². The molecule has 3 rings (SSSR count). The number of rotatable bonds is 3. The highest BCUT2D eigenvalue weighted by Crippen LogP contribution is 2.31. The largest absolute Gasteiger partial charge is 0.351 e. The number of aromatic nitrogens is 1. The molecule has 1 aromatic heterocycles. The lowest BCUT2D eigenvalue weighted by atomic mass is 10.2. The maximum Gasteiger partial charge on any atom is 0.285 e. The van der Waals surface area contributed by atoms with E-state index in [9.17, 15) is 9.59 Å². The van der Waals surface area contributed by atoms with Crippen molar-refractivity contribution >= 4 is 62.1 Å². The first-order valence-electron chi connectivity index (χ1n) is 6.91. The van der Waals surface area contributed by atoms with Gasteiger partial charge in [-0.3, -0.25) is 15.0 Å². The third kappa shape index (κ3) is 3.45. The smallest absolute Gasteiger partial charge is 0.285 e. The predicted molar refractivity (Wildman–Crippen MR) is 102 cm³/mol. The normalized spacial score (nSPS) is 16.1. The molecule has 2 aromatic rings. The Morgan fingerprint density at radius 1 is 1.29 bits per heavy atom. The molecule has 2 amide bonds. The number of halogens is 1. The Bertz CT molecular complexity index is 858. The van der Waals surface area contributed by atoms with Crippen molar-refractivity contribution in [1.82, 2.24) is 15.0 Å². The van der Waals surface area contributed by atoms with Gasteiger partial charge in [-0.2, -0.15) is 5.01 Å². The highest BCUT2D eigenvalue weighted by atomic mass is 79.9. The first-order valence-corrected chi connectivity index (χ1v) is 8.93. The van der Waals surface area contributed by atoms with Crippen LogP contribution in [0.25, 0.3) is 6.08 Å². The minimum atomic E-state index is -0.390. The zero-order chi connectivity index (χ0) is 17.3. The molecule has 0 bridgehead atoms. The van der Waals surface area contributed by atoms with E-state index in [-0.39, 0.29) is 11.8 Å². The molecule has 0 spiro atoms. The topological polar surface area (TPSA) is 54.3 Å². The predicted octanol–water partition coefficient (Wildman–Crippen LogP) is 3.33. The number of benzene rings is 1. The summed E-state index contributed by atoms with van der Waals surface area (Å²) in [5.74, 6) is -0.726. The number of aryl methyl sites for hydroxylation is 1. The second kappa shape index (κ2) is 6.92. The minimum absolute atomic E-state index is 0.297. The number of thiocarbonyl (C=S) groups is 1. The van der Waals surface area contributed by atoms with Gasteiger partial charge in [-0.05, 0) is 54.7 Å². The van der Waals surface area contributed by atoms with Crippen molar-refractivity contribution in [3.05, 3.63) is 63.2 Å². The van der Waals surface area contributed by atoms with E-state index in [0.29, 0.717) is 14.8 Å². The number of nitrogens with one attached hydrogen (secondary N) is 1. The number of amides is 2. The van der Waals surface area contributed by atoms with Gasteiger partial charge in [-0.1, -0.05) is 27.7 Å². The number of hydrogen-bond donors (Lipinski definition) is 1. The third-order valence-corrected chi connectivity index (χ3v) is 5.21. The van der Waals surface area contributed by atoms with Crippen molar-refractivity contribution in [3.8, 4) is 0 Å². The van der Waals surface area contributed by atoms with Gasteiger partial charge in [-0.25, -0.2) is 0 Å². The van der Waals surface area contributed by atoms with Gasteiger partial charge < -0.3 is 4.57 Å². The maximum absolute atomic E-state index is 12.5. The lowest BCUT2D eigenvalue weighted by Gasteiger charge is -2.15. The van der Waals surface area contributed by atoms with Crippen LogP contribution in [-0.2, 0) is 11.8 Å². The van der Waals surface area contributed by atoms with Crippen molar-refractivity contribution in [2.45, 2.75) is 0 Å². The van der Waals surface area contributed by atoms with E-state index in [2.05, 4.69) is 21.4 Å². The van der Waals surface area contributed by atoms with Gasteiger partial charge in [-0.15, -0.1) is 0 Å². The summed E-state index contributed by atoms with van der Waals surface area (Å²) in [5, 5.41) is 1.11. The molecular weight excluding hydrogens is 410 g/mol. The molecule has 1 saturated heterocycles. The Hall–Kier alpha value is -1.90. The van der Waals surface area contributed by atoms with Crippen molar-refractivity contribution in [2.75, 3.05) is 0 Å². The van der Waals surface area contributed by atoms with Gasteiger partial charge in [0, 0.05) is 29.0 Å². The van der Waals surface area contributed by atoms with E-state index in [0.717, 1.165) is 26.9 Å². The summed E-state index contributed by atoms with van der Waals surface area (Å²) < 4.78 is 3.06. The number of hydrogen-bond acceptors (Lipinski definition) is 4. The summed E-state index contributed by atoms with van der Waals surface area (Å²) in [7, 11) is 1.89. The van der Waals surface area contributed by atoms with Crippen LogP contribution in [0.3, 0.4) is 0 Å². The van der Waals surface area contributed by atoms with Crippen LogP contribution in [-0.4, -0.2) is 25.7 Å². The van der Waals surface area contributed by atoms with E-state index in [1.165, 1.54) is 0 Å². The average molecular weight is 422 g/mol. The molecule has 0 unspecified atom stereocenters. The van der Waals surface area contributed by atoms with Gasteiger partial charge in [0.1, 0.15) is 0 Å². The van der Waals surface area contributed by atoms with Crippen LogP contribution < -0.4 is 5.43 Å². The second-order valence-corrected chi connectivity index (χ2v) is 7.60. The van der Waals surface area contributed by atoms with E-state index in [1.807, 2.05) is 29.9 Å². The van der Waals surface area contributed by atoms with Crippen LogP contribution in [0.1, 0.15) is 16.1 Å². The quantitative estimate of drug-likeness (QED) is 0.609. The highest BCUT2D eigenvalue weighted by molar-refractivity contribution is 9.10. The molecule has 122 valence electrons. The fourth-order valence-corrected chi connectivity index (χ4v) is 3.52. The molecular formula is C16H12BrN3O2S2. The number of carbonyl (C=O) groups is 2. The first kappa shape index (κ1) is 16.9. The fourth-order valence-electron chi connectivity index (χ4n) is 2.09. The monoisotopic (exact) mass is 421 g/mol. The van der Waals surface area contributed by atoms with Crippen molar-refractivity contribution in [3.63, 3.8) is 0 Å². The Balaban J connectivity index is 1.77. The molecule has 1 aliphatic heterocycles. The molecule has 2 heterocycles. The first-order chi connectivity index (χ1) is 11.5. The van der Waals surface area contributed by atoms with Crippen LogP contribution in [0.4, 0.5) is 0 Å². The van der Waals surface area contributed by atoms with Crippen molar-refractivity contribution < 1.29 is 9.59 Å². The molecule has 24 heavy (non-hydrogen) atoms. The molecule has 0 aliphatic carbocycles. The number of thioether (sulfide) groups is 1. The lowest BCUT2D eigenvalue weighted by Crippen LogP contribution is -2.44. The van der Waals surface area contributed by atoms with Gasteiger partial charge in [0.15, 0.2) is 4.32 Å². The van der Waals surface area contributed by atoms with E-state index < -0.39 is 0 Å². The summed E-state index contributed by atoms with van der Waals surface area (Å²) in [6, 6.07) is 10.6. The maximum atomic E-state index is 12.5. The number of carbonyl (C=O) groups excluding carboxylic acids is 2. The standard InChI is InChI=1S/C16H12BrN3O2S2/c1-19-8-2-3-12(19)9-13-15(22)20(16(23)24-13)18-14(21)10-4-6-11(17)7-5-10/h2-9H,1H3,(H,18,21)/b13-9+. The lowest BCUT2D eigenvalue weighted by molar-refractivity contribution is -0.123. The van der Waals surface area contributed by atoms with Gasteiger partial charge in [0.05, 0.1) is 4.91 Å². The van der Waals surface area contributed by atoms with Gasteiger partial charge >= 0.3 is 0 Å². The van der Waals surface area contributed by atoms with E-state index in [1.54, 1.807) is 30.3 Å². The minimum Gasteiger partial charge on any atom is -0.351 e. The average Bonchev–Trinajstić information content (AvgIpc) is 3.07. The molecule has 1 N–H and O–H groups in total. The summed E-state index contributed by atoms with van der Waals surface area (Å²) in [4.78, 5) is 25.2. The summed E-state index contributed by atoms with van der Waals surface area (Å²) >= 11 is 9.69. The van der Waals surface area contributed by atoms with E-state index >= 15 is 0 Å². The number of nitrogens with zero attached hydrogens (tertiary/aromatic N) is 2. The van der Waals surface area contributed by atoms with E-state index in [4.69, 9.17) is 12.2 Å². The SMILES string of the molecule is Cn1cccc1/C=C1/SC(=S)N(NC(=O)c2ccc(Br)cc2)C1=O. The molecule has 1 aliphatic rings. The van der Waals surface area contributed by atoms with Gasteiger partial charge in [0.2, 0.25) is 0 Å². The zero-order valence-electron chi connectivity index (χ0n) is 12.5. The zero-order valence-corrected chi connectivity index (χ0v) is 15.7. The second-order valence-electron chi connectivity index (χ2n) is 5.01. The Morgan fingerprint density at radius 2 is 2.00 bits per heavy atom. The molecule has 1 fully saturated rings. The van der Waals surface area contributed by atoms with Crippen molar-refractivity contribution in [2.24, 2.45) is 7.05 Å². The molecule has 5 nitrogen and oxygen atoms in total. The Labute approximate surface area is 156 Å². The molecule has 0 atom stereocenters. The third-order valence-electron chi connectivity index (χ3n) is 3.38. The fraction of sp³-hybridized carbons (Fsp3) is 0.0625. The van der Waals surface area contributed by atoms with Crippen LogP contribution in [0, 0.1) is 0 Å². The molecule has 0 radical (unpaired) electrons. The summed E-state index contributed by atoms with van der Waals surface area (Å²) in [6.45, 7) is 0. The van der Waals surface area contributed by atoms with Crippen molar-refractivity contribution in [1.29, 1.82) is 0 Å². The Morgan fingerprint density at radius 3 is 2.62 bits per heavy atom. The molecule has 0 saturated carbocycles.